The topological polar surface area (TPSA) is 58.2 Å². The predicted octanol–water partition coefficient (Wildman–Crippen LogP) is 2.80. The molecule has 0 spiro atoms. The molecule has 0 atom stereocenters. The Morgan fingerprint density at radius 2 is 1.65 bits per heavy atom. The molecule has 2 aromatic rings. The van der Waals surface area contributed by atoms with Crippen LogP contribution in [0.2, 0.25) is 5.02 Å². The van der Waals surface area contributed by atoms with E-state index in [1.807, 2.05) is 12.1 Å². The molecule has 0 saturated heterocycles. The third-order valence-corrected chi connectivity index (χ3v) is 3.38. The number of aryl methyl sites for hydroxylation is 1. The first kappa shape index (κ1) is 17.0. The van der Waals surface area contributed by atoms with Gasteiger partial charge < -0.3 is 0 Å². The van der Waals surface area contributed by atoms with Crippen LogP contribution in [0.25, 0.3) is 0 Å². The van der Waals surface area contributed by atoms with Crippen molar-refractivity contribution in [3.05, 3.63) is 70.5 Å². The van der Waals surface area contributed by atoms with E-state index in [1.165, 1.54) is 24.3 Å². The van der Waals surface area contributed by atoms with E-state index in [0.717, 1.165) is 5.56 Å². The minimum atomic E-state index is -0.368. The number of hydrogen-bond donors (Lipinski definition) is 2. The molecule has 2 aromatic carbocycles. The van der Waals surface area contributed by atoms with Gasteiger partial charge in [0.1, 0.15) is 5.82 Å². The maximum atomic E-state index is 12.8. The van der Waals surface area contributed by atoms with Gasteiger partial charge >= 0.3 is 0 Å². The van der Waals surface area contributed by atoms with Crippen molar-refractivity contribution in [3.63, 3.8) is 0 Å². The summed E-state index contributed by atoms with van der Waals surface area (Å²) >= 11 is 5.87. The zero-order valence-corrected chi connectivity index (χ0v) is 13.1. The van der Waals surface area contributed by atoms with Crippen molar-refractivity contribution < 1.29 is 14.0 Å². The lowest BCUT2D eigenvalue weighted by Crippen LogP contribution is -2.42. The molecule has 6 heteroatoms. The molecule has 0 aromatic heterocycles. The van der Waals surface area contributed by atoms with Crippen molar-refractivity contribution in [1.29, 1.82) is 0 Å². The molecule has 4 nitrogen and oxygen atoms in total. The van der Waals surface area contributed by atoms with Crippen LogP contribution in [0.4, 0.5) is 4.39 Å². The van der Waals surface area contributed by atoms with Gasteiger partial charge in [-0.1, -0.05) is 35.9 Å². The molecule has 0 aliphatic heterocycles. The first-order valence-electron chi connectivity index (χ1n) is 7.09. The van der Waals surface area contributed by atoms with E-state index >= 15 is 0 Å². The Bertz CT molecular complexity index is 689. The lowest BCUT2D eigenvalue weighted by atomic mass is 10.1. The third-order valence-electron chi connectivity index (χ3n) is 3.15. The van der Waals surface area contributed by atoms with Crippen LogP contribution >= 0.6 is 11.6 Å². The second kappa shape index (κ2) is 8.29. The summed E-state index contributed by atoms with van der Waals surface area (Å²) in [4.78, 5) is 23.4. The molecule has 0 radical (unpaired) electrons. The van der Waals surface area contributed by atoms with Gasteiger partial charge in [0.05, 0.1) is 6.42 Å². The molecule has 120 valence electrons. The van der Waals surface area contributed by atoms with Gasteiger partial charge in [-0.15, -0.1) is 0 Å². The second-order valence-corrected chi connectivity index (χ2v) is 5.47. The molecule has 2 rings (SSSR count). The normalized spacial score (nSPS) is 10.2. The lowest BCUT2D eigenvalue weighted by Gasteiger charge is -2.08. The van der Waals surface area contributed by atoms with Gasteiger partial charge in [-0.2, -0.15) is 0 Å². The van der Waals surface area contributed by atoms with Gasteiger partial charge in [0.15, 0.2) is 0 Å². The molecule has 0 fully saturated rings. The highest BCUT2D eigenvalue weighted by atomic mass is 35.5. The number of carbonyl (C=O) groups excluding carboxylic acids is 2. The van der Waals surface area contributed by atoms with Crippen LogP contribution in [0.15, 0.2) is 48.5 Å². The van der Waals surface area contributed by atoms with Crippen molar-refractivity contribution in [2.24, 2.45) is 0 Å². The molecule has 2 N–H and O–H groups in total. The smallest absolute Gasteiger partial charge is 0.242 e. The Balaban J connectivity index is 1.71. The number of amides is 2. The van der Waals surface area contributed by atoms with E-state index < -0.39 is 0 Å². The van der Waals surface area contributed by atoms with E-state index in [-0.39, 0.29) is 30.5 Å². The highest BCUT2D eigenvalue weighted by molar-refractivity contribution is 6.30. The van der Waals surface area contributed by atoms with Crippen molar-refractivity contribution in [3.8, 4) is 0 Å². The first-order valence-corrected chi connectivity index (χ1v) is 7.47. The van der Waals surface area contributed by atoms with Crippen LogP contribution in [0.1, 0.15) is 17.5 Å². The number of benzene rings is 2. The highest BCUT2D eigenvalue weighted by Crippen LogP contribution is 2.12. The van der Waals surface area contributed by atoms with E-state index in [2.05, 4.69) is 10.9 Å². The molecule has 23 heavy (non-hydrogen) atoms. The number of nitrogens with one attached hydrogen (secondary N) is 2. The first-order chi connectivity index (χ1) is 11.0. The Morgan fingerprint density at radius 3 is 2.35 bits per heavy atom. The predicted molar refractivity (Wildman–Crippen MR) is 86.2 cm³/mol. The number of hydrogen-bond acceptors (Lipinski definition) is 2. The van der Waals surface area contributed by atoms with Gasteiger partial charge in [0, 0.05) is 11.4 Å². The Labute approximate surface area is 138 Å². The van der Waals surface area contributed by atoms with E-state index in [1.54, 1.807) is 12.1 Å². The summed E-state index contributed by atoms with van der Waals surface area (Å²) in [6.07, 6.45) is 0.826. The average molecular weight is 335 g/mol. The fourth-order valence-corrected chi connectivity index (χ4v) is 2.20. The largest absolute Gasteiger partial charge is 0.273 e. The standard InChI is InChI=1S/C17H16ClFN2O2/c18-14-3-1-2-12(10-14)6-9-16(22)20-21-17(23)11-13-4-7-15(19)8-5-13/h1-5,7-8,10H,6,9,11H2,(H,20,22)(H,21,23). The lowest BCUT2D eigenvalue weighted by molar-refractivity contribution is -0.128. The van der Waals surface area contributed by atoms with Crippen molar-refractivity contribution >= 4 is 23.4 Å². The molecule has 0 saturated carbocycles. The molecule has 0 aliphatic rings. The molecule has 2 amide bonds. The van der Waals surface area contributed by atoms with Gasteiger partial charge in [-0.3, -0.25) is 20.4 Å². The molecular weight excluding hydrogens is 319 g/mol. The summed E-state index contributed by atoms with van der Waals surface area (Å²) < 4.78 is 12.8. The van der Waals surface area contributed by atoms with Gasteiger partial charge in [0.25, 0.3) is 0 Å². The molecular formula is C17H16ClFN2O2. The van der Waals surface area contributed by atoms with Crippen LogP contribution in [0.3, 0.4) is 0 Å². The van der Waals surface area contributed by atoms with E-state index in [9.17, 15) is 14.0 Å². The Kier molecular flexibility index (Phi) is 6.11. The fourth-order valence-electron chi connectivity index (χ4n) is 1.98. The van der Waals surface area contributed by atoms with Crippen molar-refractivity contribution in [2.75, 3.05) is 0 Å². The minimum absolute atomic E-state index is 0.0643. The molecule has 0 heterocycles. The summed E-state index contributed by atoms with van der Waals surface area (Å²) in [7, 11) is 0. The maximum Gasteiger partial charge on any atom is 0.242 e. The number of rotatable bonds is 5. The van der Waals surface area contributed by atoms with Gasteiger partial charge in [-0.25, -0.2) is 4.39 Å². The SMILES string of the molecule is O=C(CCc1cccc(Cl)c1)NNC(=O)Cc1ccc(F)cc1. The van der Waals surface area contributed by atoms with Gasteiger partial charge in [0.2, 0.25) is 11.8 Å². The minimum Gasteiger partial charge on any atom is -0.273 e. The molecule has 0 bridgehead atoms. The summed E-state index contributed by atoms with van der Waals surface area (Å²) in [5.41, 5.74) is 6.30. The Hall–Kier alpha value is -2.40. The summed E-state index contributed by atoms with van der Waals surface area (Å²) in [6, 6.07) is 12.9. The van der Waals surface area contributed by atoms with Crippen LogP contribution in [0, 0.1) is 5.82 Å². The monoisotopic (exact) mass is 334 g/mol. The average Bonchev–Trinajstić information content (AvgIpc) is 2.53. The summed E-state index contributed by atoms with van der Waals surface area (Å²) in [6.45, 7) is 0. The van der Waals surface area contributed by atoms with Crippen molar-refractivity contribution in [1.82, 2.24) is 10.9 Å². The Morgan fingerprint density at radius 1 is 0.957 bits per heavy atom. The quantitative estimate of drug-likeness (QED) is 0.826. The van der Waals surface area contributed by atoms with Crippen LogP contribution in [-0.2, 0) is 22.4 Å². The summed E-state index contributed by atoms with van der Waals surface area (Å²) in [5.74, 6) is -1.02. The zero-order valence-electron chi connectivity index (χ0n) is 12.3. The zero-order chi connectivity index (χ0) is 16.7. The van der Waals surface area contributed by atoms with Crippen LogP contribution in [0.5, 0.6) is 0 Å². The molecule has 0 aliphatic carbocycles. The number of hydrazine groups is 1. The highest BCUT2D eigenvalue weighted by Gasteiger charge is 2.06. The number of halogens is 2. The van der Waals surface area contributed by atoms with E-state index in [0.29, 0.717) is 17.0 Å². The number of carbonyl (C=O) groups is 2. The fraction of sp³-hybridized carbons (Fsp3) is 0.176. The third kappa shape index (κ3) is 6.08. The second-order valence-electron chi connectivity index (χ2n) is 5.03. The van der Waals surface area contributed by atoms with Crippen LogP contribution < -0.4 is 10.9 Å². The van der Waals surface area contributed by atoms with Crippen molar-refractivity contribution in [2.45, 2.75) is 19.3 Å². The summed E-state index contributed by atoms with van der Waals surface area (Å²) in [5, 5.41) is 0.621. The van der Waals surface area contributed by atoms with Crippen LogP contribution in [-0.4, -0.2) is 11.8 Å². The molecule has 0 unspecified atom stereocenters. The van der Waals surface area contributed by atoms with Gasteiger partial charge in [-0.05, 0) is 41.8 Å². The van der Waals surface area contributed by atoms with E-state index in [4.69, 9.17) is 11.6 Å². The maximum absolute atomic E-state index is 12.8.